The average molecular weight is 339 g/mol. The number of rotatable bonds is 3. The van der Waals surface area contributed by atoms with E-state index in [4.69, 9.17) is 4.74 Å². The van der Waals surface area contributed by atoms with Gasteiger partial charge in [-0.25, -0.2) is 0 Å². The van der Waals surface area contributed by atoms with Crippen LogP contribution in [0.25, 0.3) is 10.9 Å². The highest BCUT2D eigenvalue weighted by Gasteiger charge is 2.30. The third kappa shape index (κ3) is 2.70. The number of aromatic nitrogens is 4. The first kappa shape index (κ1) is 15.8. The van der Waals surface area contributed by atoms with Crippen LogP contribution in [0.15, 0.2) is 30.6 Å². The van der Waals surface area contributed by atoms with Crippen LogP contribution in [0.4, 0.5) is 0 Å². The minimum absolute atomic E-state index is 0.0332. The Morgan fingerprint density at radius 2 is 2.24 bits per heavy atom. The molecule has 1 atom stereocenters. The van der Waals surface area contributed by atoms with Gasteiger partial charge in [0.2, 0.25) is 0 Å². The van der Waals surface area contributed by atoms with Crippen LogP contribution in [0, 0.1) is 6.92 Å². The summed E-state index contributed by atoms with van der Waals surface area (Å²) in [6.07, 6.45) is 1.45. The van der Waals surface area contributed by atoms with Gasteiger partial charge in [-0.3, -0.25) is 4.79 Å². The van der Waals surface area contributed by atoms with Crippen LogP contribution < -0.4 is 0 Å². The topological polar surface area (TPSA) is 76.0 Å². The maximum absolute atomic E-state index is 13.2. The van der Waals surface area contributed by atoms with Crippen LogP contribution in [-0.4, -0.2) is 50.3 Å². The number of para-hydroxylation sites is 1. The van der Waals surface area contributed by atoms with E-state index in [2.05, 4.69) is 15.2 Å². The number of ether oxygens (including phenoxy) is 1. The summed E-state index contributed by atoms with van der Waals surface area (Å²) in [6, 6.07) is 7.90. The number of fused-ring (bicyclic) bond motifs is 1. The van der Waals surface area contributed by atoms with E-state index in [1.54, 1.807) is 6.33 Å². The number of benzene rings is 1. The van der Waals surface area contributed by atoms with E-state index in [-0.39, 0.29) is 12.0 Å². The van der Waals surface area contributed by atoms with Crippen molar-refractivity contribution in [1.29, 1.82) is 0 Å². The maximum Gasteiger partial charge on any atom is 0.256 e. The number of nitrogens with one attached hydrogen (secondary N) is 1. The molecule has 0 bridgehead atoms. The van der Waals surface area contributed by atoms with Crippen LogP contribution in [-0.2, 0) is 11.3 Å². The van der Waals surface area contributed by atoms with Crippen LogP contribution >= 0.6 is 0 Å². The summed E-state index contributed by atoms with van der Waals surface area (Å²) in [7, 11) is 0. The van der Waals surface area contributed by atoms with Crippen LogP contribution in [0.3, 0.4) is 0 Å². The Morgan fingerprint density at radius 3 is 3.08 bits per heavy atom. The van der Waals surface area contributed by atoms with Gasteiger partial charge in [-0.05, 0) is 19.9 Å². The lowest BCUT2D eigenvalue weighted by Crippen LogP contribution is -2.43. The Balaban J connectivity index is 1.63. The Morgan fingerprint density at radius 1 is 1.40 bits per heavy atom. The second-order valence-corrected chi connectivity index (χ2v) is 6.26. The van der Waals surface area contributed by atoms with Gasteiger partial charge in [-0.2, -0.15) is 0 Å². The predicted molar refractivity (Wildman–Crippen MR) is 93.3 cm³/mol. The molecule has 1 unspecified atom stereocenters. The Kier molecular flexibility index (Phi) is 4.01. The summed E-state index contributed by atoms with van der Waals surface area (Å²) < 4.78 is 7.81. The molecule has 0 aliphatic carbocycles. The molecule has 3 heterocycles. The molecule has 1 fully saturated rings. The molecule has 4 rings (SSSR count). The molecule has 1 N–H and O–H groups in total. The van der Waals surface area contributed by atoms with Gasteiger partial charge < -0.3 is 19.2 Å². The van der Waals surface area contributed by atoms with Gasteiger partial charge in [0.25, 0.3) is 5.91 Å². The lowest BCUT2D eigenvalue weighted by molar-refractivity contribution is -0.0283. The lowest BCUT2D eigenvalue weighted by Gasteiger charge is -2.32. The molecule has 1 amide bonds. The van der Waals surface area contributed by atoms with Gasteiger partial charge in [0, 0.05) is 29.7 Å². The van der Waals surface area contributed by atoms with E-state index in [0.29, 0.717) is 19.7 Å². The molecule has 25 heavy (non-hydrogen) atoms. The van der Waals surface area contributed by atoms with Gasteiger partial charge in [0.05, 0.1) is 18.7 Å². The molecule has 1 aliphatic rings. The number of carbonyl (C=O) groups excluding carboxylic acids is 1. The first-order chi connectivity index (χ1) is 12.2. The average Bonchev–Trinajstić information content (AvgIpc) is 3.24. The number of amides is 1. The zero-order valence-corrected chi connectivity index (χ0v) is 14.4. The van der Waals surface area contributed by atoms with E-state index in [9.17, 15) is 4.79 Å². The fourth-order valence-corrected chi connectivity index (χ4v) is 3.46. The molecule has 0 saturated carbocycles. The number of aryl methyl sites for hydroxylation is 2. The highest BCUT2D eigenvalue weighted by molar-refractivity contribution is 6.08. The first-order valence-electron chi connectivity index (χ1n) is 8.55. The molecule has 130 valence electrons. The normalized spacial score (nSPS) is 18.0. The predicted octanol–water partition coefficient (Wildman–Crippen LogP) is 2.30. The van der Waals surface area contributed by atoms with E-state index in [1.165, 1.54) is 0 Å². The van der Waals surface area contributed by atoms with E-state index in [0.717, 1.165) is 34.5 Å². The Hall–Kier alpha value is -2.67. The minimum Gasteiger partial charge on any atom is -0.366 e. The first-order valence-corrected chi connectivity index (χ1v) is 8.55. The second kappa shape index (κ2) is 6.33. The number of hydrogen-bond donors (Lipinski definition) is 1. The molecule has 3 aromatic rings. The summed E-state index contributed by atoms with van der Waals surface area (Å²) >= 11 is 0. The monoisotopic (exact) mass is 339 g/mol. The molecule has 0 radical (unpaired) electrons. The van der Waals surface area contributed by atoms with Gasteiger partial charge in [-0.15, -0.1) is 10.2 Å². The molecule has 7 nitrogen and oxygen atoms in total. The summed E-state index contributed by atoms with van der Waals surface area (Å²) in [5, 5.41) is 9.11. The number of nitrogens with zero attached hydrogens (tertiary/aromatic N) is 4. The highest BCUT2D eigenvalue weighted by Crippen LogP contribution is 2.26. The van der Waals surface area contributed by atoms with Crippen molar-refractivity contribution in [1.82, 2.24) is 24.6 Å². The molecular formula is C18H21N5O2. The van der Waals surface area contributed by atoms with Crippen molar-refractivity contribution in [3.05, 3.63) is 47.7 Å². The third-order valence-electron chi connectivity index (χ3n) is 4.74. The molecule has 1 aliphatic heterocycles. The van der Waals surface area contributed by atoms with Gasteiger partial charge in [-0.1, -0.05) is 18.2 Å². The highest BCUT2D eigenvalue weighted by atomic mass is 16.5. The van der Waals surface area contributed by atoms with Crippen molar-refractivity contribution >= 4 is 16.8 Å². The molecule has 0 spiro atoms. The standard InChI is InChI=1S/C18H21N5O2/c1-3-22-11-19-21-17(22)15-10-23(8-9-25-15)18(24)16-12(2)20-14-7-5-4-6-13(14)16/h4-7,11,15,20H,3,8-10H2,1-2H3. The minimum atomic E-state index is -0.245. The zero-order chi connectivity index (χ0) is 17.4. The number of morpholine rings is 1. The quantitative estimate of drug-likeness (QED) is 0.794. The Bertz CT molecular complexity index is 913. The van der Waals surface area contributed by atoms with Gasteiger partial charge >= 0.3 is 0 Å². The largest absolute Gasteiger partial charge is 0.366 e. The van der Waals surface area contributed by atoms with Gasteiger partial charge in [0.1, 0.15) is 12.4 Å². The zero-order valence-electron chi connectivity index (χ0n) is 14.4. The van der Waals surface area contributed by atoms with Crippen molar-refractivity contribution in [2.24, 2.45) is 0 Å². The van der Waals surface area contributed by atoms with Gasteiger partial charge in [0.15, 0.2) is 5.82 Å². The number of hydrogen-bond acceptors (Lipinski definition) is 4. The molecule has 2 aromatic heterocycles. The molecular weight excluding hydrogens is 318 g/mol. The smallest absolute Gasteiger partial charge is 0.256 e. The summed E-state index contributed by atoms with van der Waals surface area (Å²) in [5.74, 6) is 0.807. The maximum atomic E-state index is 13.2. The van der Waals surface area contributed by atoms with E-state index in [1.807, 2.05) is 47.6 Å². The summed E-state index contributed by atoms with van der Waals surface area (Å²) in [5.41, 5.74) is 2.62. The van der Waals surface area contributed by atoms with E-state index < -0.39 is 0 Å². The lowest BCUT2D eigenvalue weighted by atomic mass is 10.1. The van der Waals surface area contributed by atoms with Crippen molar-refractivity contribution < 1.29 is 9.53 Å². The van der Waals surface area contributed by atoms with Crippen molar-refractivity contribution in [3.8, 4) is 0 Å². The van der Waals surface area contributed by atoms with E-state index >= 15 is 0 Å². The van der Waals surface area contributed by atoms with Crippen LogP contribution in [0.2, 0.25) is 0 Å². The fourth-order valence-electron chi connectivity index (χ4n) is 3.46. The molecule has 1 aromatic carbocycles. The summed E-state index contributed by atoms with van der Waals surface area (Å²) in [6.45, 7) is 6.31. The van der Waals surface area contributed by atoms with Crippen molar-refractivity contribution in [3.63, 3.8) is 0 Å². The van der Waals surface area contributed by atoms with Crippen LogP contribution in [0.1, 0.15) is 34.9 Å². The number of H-pyrrole nitrogens is 1. The second-order valence-electron chi connectivity index (χ2n) is 6.26. The summed E-state index contributed by atoms with van der Waals surface area (Å²) in [4.78, 5) is 18.3. The Labute approximate surface area is 145 Å². The molecule has 7 heteroatoms. The SMILES string of the molecule is CCn1cnnc1C1CN(C(=O)c2c(C)[nH]c3ccccc23)CCO1. The fraction of sp³-hybridized carbons (Fsp3) is 0.389. The number of carbonyl (C=O) groups is 1. The molecule has 1 saturated heterocycles. The van der Waals surface area contributed by atoms with Crippen molar-refractivity contribution in [2.75, 3.05) is 19.7 Å². The third-order valence-corrected chi connectivity index (χ3v) is 4.74. The number of aromatic amines is 1. The van der Waals surface area contributed by atoms with Crippen molar-refractivity contribution in [2.45, 2.75) is 26.5 Å². The van der Waals surface area contributed by atoms with Crippen LogP contribution in [0.5, 0.6) is 0 Å².